The molecule has 1 saturated heterocycles. The highest BCUT2D eigenvalue weighted by Crippen LogP contribution is 2.24. The highest BCUT2D eigenvalue weighted by molar-refractivity contribution is 6.34. The number of nitrogens with zero attached hydrogens (tertiary/aromatic N) is 1. The summed E-state index contributed by atoms with van der Waals surface area (Å²) >= 11 is 6.06. The van der Waals surface area contributed by atoms with Crippen LogP contribution in [0.4, 0.5) is 5.69 Å². The Labute approximate surface area is 99.5 Å². The smallest absolute Gasteiger partial charge is 0.124 e. The zero-order valence-electron chi connectivity index (χ0n) is 8.87. The molecule has 2 rings (SSSR count). The zero-order chi connectivity index (χ0) is 11.5. The molecule has 5 heteroatoms. The number of anilines is 1. The number of rotatable bonds is 2. The quantitative estimate of drug-likeness (QED) is 0.607. The van der Waals surface area contributed by atoms with Crippen LogP contribution in [0.15, 0.2) is 18.2 Å². The van der Waals surface area contributed by atoms with Crippen LogP contribution in [0.3, 0.4) is 0 Å². The van der Waals surface area contributed by atoms with E-state index < -0.39 is 0 Å². The lowest BCUT2D eigenvalue weighted by atomic mass is 10.1. The second-order valence-electron chi connectivity index (χ2n) is 3.68. The SMILES string of the molecule is N=C(N)c1ccc(N2CCOCC2)cc1Cl. The maximum Gasteiger partial charge on any atom is 0.124 e. The molecule has 1 fully saturated rings. The molecule has 0 spiro atoms. The van der Waals surface area contributed by atoms with Crippen molar-refractivity contribution in [3.8, 4) is 0 Å². The van der Waals surface area contributed by atoms with Crippen LogP contribution in [0, 0.1) is 5.41 Å². The molecule has 1 heterocycles. The van der Waals surface area contributed by atoms with E-state index in [1.807, 2.05) is 12.1 Å². The van der Waals surface area contributed by atoms with Gasteiger partial charge in [-0.15, -0.1) is 0 Å². The van der Waals surface area contributed by atoms with Gasteiger partial charge in [0, 0.05) is 24.3 Å². The Bertz CT molecular complexity index is 402. The summed E-state index contributed by atoms with van der Waals surface area (Å²) in [5.74, 6) is -0.00136. The van der Waals surface area contributed by atoms with E-state index in [-0.39, 0.29) is 5.84 Å². The Balaban J connectivity index is 2.23. The molecule has 3 N–H and O–H groups in total. The third-order valence-corrected chi connectivity index (χ3v) is 2.93. The van der Waals surface area contributed by atoms with E-state index in [1.54, 1.807) is 6.07 Å². The average Bonchev–Trinajstić information content (AvgIpc) is 2.29. The van der Waals surface area contributed by atoms with Gasteiger partial charge >= 0.3 is 0 Å². The van der Waals surface area contributed by atoms with Gasteiger partial charge in [-0.1, -0.05) is 11.6 Å². The van der Waals surface area contributed by atoms with Crippen molar-refractivity contribution in [1.29, 1.82) is 5.41 Å². The summed E-state index contributed by atoms with van der Waals surface area (Å²) in [6.45, 7) is 3.23. The molecule has 1 aromatic carbocycles. The van der Waals surface area contributed by atoms with Crippen molar-refractivity contribution in [3.05, 3.63) is 28.8 Å². The topological polar surface area (TPSA) is 62.3 Å². The minimum atomic E-state index is -0.00136. The fourth-order valence-corrected chi connectivity index (χ4v) is 2.02. The normalized spacial score (nSPS) is 16.2. The van der Waals surface area contributed by atoms with Gasteiger partial charge in [0.2, 0.25) is 0 Å². The molecule has 0 saturated carbocycles. The minimum Gasteiger partial charge on any atom is -0.384 e. The molecule has 0 unspecified atom stereocenters. The molecule has 0 bridgehead atoms. The van der Waals surface area contributed by atoms with Crippen molar-refractivity contribution >= 4 is 23.1 Å². The minimum absolute atomic E-state index is 0.00136. The highest BCUT2D eigenvalue weighted by Gasteiger charge is 2.13. The lowest BCUT2D eigenvalue weighted by Crippen LogP contribution is -2.36. The first-order valence-corrected chi connectivity index (χ1v) is 5.53. The summed E-state index contributed by atoms with van der Waals surface area (Å²) in [6, 6.07) is 5.58. The molecule has 16 heavy (non-hydrogen) atoms. The summed E-state index contributed by atoms with van der Waals surface area (Å²) in [5, 5.41) is 7.88. The first-order valence-electron chi connectivity index (χ1n) is 5.15. The molecule has 0 aromatic heterocycles. The van der Waals surface area contributed by atoms with Crippen LogP contribution in [-0.4, -0.2) is 32.1 Å². The van der Waals surface area contributed by atoms with Gasteiger partial charge in [0.05, 0.1) is 18.2 Å². The number of nitrogen functional groups attached to an aromatic ring is 1. The molecule has 1 aromatic rings. The van der Waals surface area contributed by atoms with Gasteiger partial charge in [0.1, 0.15) is 5.84 Å². The Kier molecular flexibility index (Phi) is 3.31. The molecule has 0 aliphatic carbocycles. The van der Waals surface area contributed by atoms with Crippen LogP contribution in [0.1, 0.15) is 5.56 Å². The van der Waals surface area contributed by atoms with Crippen LogP contribution in [-0.2, 0) is 4.74 Å². The summed E-state index contributed by atoms with van der Waals surface area (Å²) in [7, 11) is 0. The van der Waals surface area contributed by atoms with Gasteiger partial charge < -0.3 is 15.4 Å². The van der Waals surface area contributed by atoms with E-state index in [4.69, 9.17) is 27.5 Å². The molecule has 86 valence electrons. The summed E-state index contributed by atoms with van der Waals surface area (Å²) in [4.78, 5) is 2.21. The molecular formula is C11H14ClN3O. The molecule has 4 nitrogen and oxygen atoms in total. The van der Waals surface area contributed by atoms with E-state index in [0.29, 0.717) is 10.6 Å². The van der Waals surface area contributed by atoms with Crippen molar-refractivity contribution in [3.63, 3.8) is 0 Å². The number of hydrogen-bond donors (Lipinski definition) is 2. The fraction of sp³-hybridized carbons (Fsp3) is 0.364. The lowest BCUT2D eigenvalue weighted by molar-refractivity contribution is 0.122. The number of nitrogens with one attached hydrogen (secondary N) is 1. The number of nitrogens with two attached hydrogens (primary N) is 1. The third-order valence-electron chi connectivity index (χ3n) is 2.62. The predicted octanol–water partition coefficient (Wildman–Crippen LogP) is 1.46. The monoisotopic (exact) mass is 239 g/mol. The number of ether oxygens (including phenoxy) is 1. The Hall–Kier alpha value is -1.26. The van der Waals surface area contributed by atoms with Gasteiger partial charge in [-0.05, 0) is 18.2 Å². The molecule has 0 radical (unpaired) electrons. The number of hydrogen-bond acceptors (Lipinski definition) is 3. The summed E-state index contributed by atoms with van der Waals surface area (Å²) < 4.78 is 5.28. The van der Waals surface area contributed by atoms with E-state index in [2.05, 4.69) is 4.90 Å². The molecule has 1 aliphatic rings. The molecule has 1 aliphatic heterocycles. The standard InChI is InChI=1S/C11H14ClN3O/c12-10-7-8(1-2-9(10)11(13)14)15-3-5-16-6-4-15/h1-2,7H,3-6H2,(H3,13,14). The van der Waals surface area contributed by atoms with Crippen LogP contribution in [0.25, 0.3) is 0 Å². The largest absolute Gasteiger partial charge is 0.384 e. The molecule has 0 amide bonds. The van der Waals surface area contributed by atoms with Gasteiger partial charge in [0.25, 0.3) is 0 Å². The Morgan fingerprint density at radius 2 is 2.06 bits per heavy atom. The van der Waals surface area contributed by atoms with Crippen molar-refractivity contribution in [2.75, 3.05) is 31.2 Å². The first-order chi connectivity index (χ1) is 7.68. The van der Waals surface area contributed by atoms with E-state index in [0.717, 1.165) is 32.0 Å². The van der Waals surface area contributed by atoms with Gasteiger partial charge in [-0.2, -0.15) is 0 Å². The second-order valence-corrected chi connectivity index (χ2v) is 4.08. The summed E-state index contributed by atoms with van der Waals surface area (Å²) in [6.07, 6.45) is 0. The van der Waals surface area contributed by atoms with Gasteiger partial charge in [-0.3, -0.25) is 5.41 Å². The number of benzene rings is 1. The maximum atomic E-state index is 7.35. The van der Waals surface area contributed by atoms with Crippen molar-refractivity contribution in [1.82, 2.24) is 0 Å². The first kappa shape index (κ1) is 11.2. The Morgan fingerprint density at radius 3 is 2.62 bits per heavy atom. The highest BCUT2D eigenvalue weighted by atomic mass is 35.5. The van der Waals surface area contributed by atoms with E-state index in [1.165, 1.54) is 0 Å². The summed E-state index contributed by atoms with van der Waals surface area (Å²) in [5.41, 5.74) is 7.04. The Morgan fingerprint density at radius 1 is 1.38 bits per heavy atom. The number of halogens is 1. The average molecular weight is 240 g/mol. The van der Waals surface area contributed by atoms with Crippen molar-refractivity contribution < 1.29 is 4.74 Å². The van der Waals surface area contributed by atoms with Crippen molar-refractivity contribution in [2.24, 2.45) is 5.73 Å². The van der Waals surface area contributed by atoms with Crippen LogP contribution < -0.4 is 10.6 Å². The van der Waals surface area contributed by atoms with Crippen LogP contribution in [0.2, 0.25) is 5.02 Å². The van der Waals surface area contributed by atoms with E-state index in [9.17, 15) is 0 Å². The van der Waals surface area contributed by atoms with E-state index >= 15 is 0 Å². The fourth-order valence-electron chi connectivity index (χ4n) is 1.74. The molecule has 0 atom stereocenters. The maximum absolute atomic E-state index is 7.35. The number of morpholine rings is 1. The molecular weight excluding hydrogens is 226 g/mol. The third kappa shape index (κ3) is 2.28. The van der Waals surface area contributed by atoms with Gasteiger partial charge in [0.15, 0.2) is 0 Å². The van der Waals surface area contributed by atoms with Crippen LogP contribution >= 0.6 is 11.6 Å². The number of amidine groups is 1. The predicted molar refractivity (Wildman–Crippen MR) is 65.5 cm³/mol. The lowest BCUT2D eigenvalue weighted by Gasteiger charge is -2.29. The van der Waals surface area contributed by atoms with Crippen molar-refractivity contribution in [2.45, 2.75) is 0 Å². The second kappa shape index (κ2) is 4.72. The van der Waals surface area contributed by atoms with Gasteiger partial charge in [-0.25, -0.2) is 0 Å². The zero-order valence-corrected chi connectivity index (χ0v) is 9.63. The van der Waals surface area contributed by atoms with Crippen LogP contribution in [0.5, 0.6) is 0 Å².